The van der Waals surface area contributed by atoms with Crippen LogP contribution < -0.4 is 19.5 Å². The number of amides is 1. The molecule has 1 aromatic heterocycles. The van der Waals surface area contributed by atoms with Gasteiger partial charge in [0.2, 0.25) is 0 Å². The number of benzene rings is 2. The molecular formula is C22H25N3O4. The number of hydrogen-bond donors (Lipinski definition) is 1. The molecule has 2 aromatic carbocycles. The molecule has 1 amide bonds. The Morgan fingerprint density at radius 3 is 2.62 bits per heavy atom. The maximum absolute atomic E-state index is 12.4. The zero-order valence-corrected chi connectivity index (χ0v) is 17.1. The average Bonchev–Trinajstić information content (AvgIpc) is 3.15. The topological polar surface area (TPSA) is 74.6 Å². The molecule has 29 heavy (non-hydrogen) atoms. The lowest BCUT2D eigenvalue weighted by Gasteiger charge is -2.13. The number of methoxy groups -OCH3 is 2. The summed E-state index contributed by atoms with van der Waals surface area (Å²) < 4.78 is 18.0. The van der Waals surface area contributed by atoms with Crippen LogP contribution in [0, 0.1) is 13.8 Å². The van der Waals surface area contributed by atoms with Crippen molar-refractivity contribution in [3.63, 3.8) is 0 Å². The van der Waals surface area contributed by atoms with Gasteiger partial charge in [-0.05, 0) is 43.2 Å². The lowest BCUT2D eigenvalue weighted by molar-refractivity contribution is -0.118. The second-order valence-corrected chi connectivity index (χ2v) is 6.66. The van der Waals surface area contributed by atoms with E-state index in [4.69, 9.17) is 14.2 Å². The predicted octanol–water partition coefficient (Wildman–Crippen LogP) is 3.58. The Hall–Kier alpha value is -3.48. The molecule has 0 saturated heterocycles. The van der Waals surface area contributed by atoms with E-state index < -0.39 is 0 Å². The van der Waals surface area contributed by atoms with Crippen molar-refractivity contribution >= 4 is 11.7 Å². The smallest absolute Gasteiger partial charge is 0.263 e. The zero-order valence-electron chi connectivity index (χ0n) is 17.1. The molecule has 0 saturated carbocycles. The standard InChI is InChI=1S/C22H25N3O4/c1-15-5-6-16(2)19(11-15)29-14-22(26)24-21-9-10-23-25(21)13-17-7-8-18(27-3)12-20(17)28-4/h5-12H,13-14H2,1-4H3,(H,24,26). The molecule has 0 aliphatic carbocycles. The Bertz CT molecular complexity index is 997. The first-order valence-corrected chi connectivity index (χ1v) is 9.22. The van der Waals surface area contributed by atoms with Gasteiger partial charge in [0, 0.05) is 17.7 Å². The van der Waals surface area contributed by atoms with E-state index in [1.165, 1.54) is 0 Å². The molecule has 3 rings (SSSR count). The van der Waals surface area contributed by atoms with Gasteiger partial charge in [-0.15, -0.1) is 0 Å². The van der Waals surface area contributed by atoms with Crippen LogP contribution in [-0.2, 0) is 11.3 Å². The van der Waals surface area contributed by atoms with E-state index >= 15 is 0 Å². The van der Waals surface area contributed by atoms with Gasteiger partial charge in [-0.2, -0.15) is 5.10 Å². The third-order valence-electron chi connectivity index (χ3n) is 4.50. The Kier molecular flexibility index (Phi) is 6.39. The van der Waals surface area contributed by atoms with Crippen molar-refractivity contribution in [2.45, 2.75) is 20.4 Å². The first kappa shape index (κ1) is 20.3. The Balaban J connectivity index is 1.66. The summed E-state index contributed by atoms with van der Waals surface area (Å²) in [7, 11) is 3.21. The summed E-state index contributed by atoms with van der Waals surface area (Å²) in [5.41, 5.74) is 2.98. The molecule has 3 aromatic rings. The van der Waals surface area contributed by atoms with Gasteiger partial charge in [0.05, 0.1) is 27.0 Å². The SMILES string of the molecule is COc1ccc(Cn2nccc2NC(=O)COc2cc(C)ccc2C)c(OC)c1. The predicted molar refractivity (Wildman–Crippen MR) is 111 cm³/mol. The molecule has 1 N–H and O–H groups in total. The van der Waals surface area contributed by atoms with Crippen LogP contribution in [0.2, 0.25) is 0 Å². The first-order valence-electron chi connectivity index (χ1n) is 9.22. The number of nitrogens with one attached hydrogen (secondary N) is 1. The minimum atomic E-state index is -0.255. The van der Waals surface area contributed by atoms with Gasteiger partial charge in [0.25, 0.3) is 5.91 Å². The van der Waals surface area contributed by atoms with E-state index in [0.29, 0.717) is 29.6 Å². The molecule has 0 spiro atoms. The van der Waals surface area contributed by atoms with Crippen molar-refractivity contribution in [3.05, 3.63) is 65.4 Å². The number of aromatic nitrogens is 2. The van der Waals surface area contributed by atoms with Gasteiger partial charge < -0.3 is 19.5 Å². The summed E-state index contributed by atoms with van der Waals surface area (Å²) in [6.07, 6.45) is 1.64. The number of ether oxygens (including phenoxy) is 3. The van der Waals surface area contributed by atoms with Gasteiger partial charge in [0.1, 0.15) is 23.1 Å². The van der Waals surface area contributed by atoms with E-state index in [9.17, 15) is 4.79 Å². The highest BCUT2D eigenvalue weighted by molar-refractivity contribution is 5.91. The quantitative estimate of drug-likeness (QED) is 0.631. The summed E-state index contributed by atoms with van der Waals surface area (Å²) in [5.74, 6) is 2.43. The Morgan fingerprint density at radius 2 is 1.86 bits per heavy atom. The van der Waals surface area contributed by atoms with Crippen molar-refractivity contribution in [1.29, 1.82) is 0 Å². The van der Waals surface area contributed by atoms with Gasteiger partial charge in [-0.25, -0.2) is 4.68 Å². The maximum Gasteiger partial charge on any atom is 0.263 e. The third-order valence-corrected chi connectivity index (χ3v) is 4.50. The highest BCUT2D eigenvalue weighted by Gasteiger charge is 2.12. The molecule has 7 heteroatoms. The van der Waals surface area contributed by atoms with Crippen molar-refractivity contribution in [2.75, 3.05) is 26.1 Å². The minimum Gasteiger partial charge on any atom is -0.497 e. The Labute approximate surface area is 170 Å². The highest BCUT2D eigenvalue weighted by atomic mass is 16.5. The first-order chi connectivity index (χ1) is 14.0. The molecule has 152 valence electrons. The minimum absolute atomic E-state index is 0.0820. The summed E-state index contributed by atoms with van der Waals surface area (Å²) in [5, 5.41) is 7.15. The van der Waals surface area contributed by atoms with Crippen molar-refractivity contribution in [3.8, 4) is 17.2 Å². The molecule has 1 heterocycles. The molecule has 0 atom stereocenters. The van der Waals surface area contributed by atoms with E-state index in [1.807, 2.05) is 50.2 Å². The normalized spacial score (nSPS) is 10.5. The van der Waals surface area contributed by atoms with Gasteiger partial charge >= 0.3 is 0 Å². The second kappa shape index (κ2) is 9.14. The monoisotopic (exact) mass is 395 g/mol. The van der Waals surface area contributed by atoms with E-state index in [2.05, 4.69) is 10.4 Å². The number of rotatable bonds is 8. The number of aryl methyl sites for hydroxylation is 2. The zero-order chi connectivity index (χ0) is 20.8. The maximum atomic E-state index is 12.4. The second-order valence-electron chi connectivity index (χ2n) is 6.66. The molecule has 0 unspecified atom stereocenters. The molecule has 0 aliphatic heterocycles. The average molecular weight is 395 g/mol. The van der Waals surface area contributed by atoms with Gasteiger partial charge in [-0.3, -0.25) is 4.79 Å². The third kappa shape index (κ3) is 5.07. The van der Waals surface area contributed by atoms with Gasteiger partial charge in [-0.1, -0.05) is 12.1 Å². The lowest BCUT2D eigenvalue weighted by atomic mass is 10.1. The van der Waals surface area contributed by atoms with Crippen LogP contribution in [0.1, 0.15) is 16.7 Å². The van der Waals surface area contributed by atoms with Crippen molar-refractivity contribution in [1.82, 2.24) is 9.78 Å². The molecule has 0 radical (unpaired) electrons. The van der Waals surface area contributed by atoms with E-state index in [-0.39, 0.29) is 12.5 Å². The molecule has 0 bridgehead atoms. The number of nitrogens with zero attached hydrogens (tertiary/aromatic N) is 2. The fourth-order valence-electron chi connectivity index (χ4n) is 2.89. The van der Waals surface area contributed by atoms with Gasteiger partial charge in [0.15, 0.2) is 6.61 Å². The van der Waals surface area contributed by atoms with Crippen LogP contribution in [0.5, 0.6) is 17.2 Å². The number of carbonyl (C=O) groups excluding carboxylic acids is 1. The summed E-state index contributed by atoms with van der Waals surface area (Å²) in [6.45, 7) is 4.29. The van der Waals surface area contributed by atoms with E-state index in [0.717, 1.165) is 16.7 Å². The summed E-state index contributed by atoms with van der Waals surface area (Å²) in [6, 6.07) is 13.2. The van der Waals surface area contributed by atoms with Crippen LogP contribution in [0.3, 0.4) is 0 Å². The molecule has 7 nitrogen and oxygen atoms in total. The fourth-order valence-corrected chi connectivity index (χ4v) is 2.89. The van der Waals surface area contributed by atoms with Crippen LogP contribution in [0.15, 0.2) is 48.7 Å². The van der Waals surface area contributed by atoms with Crippen LogP contribution in [0.4, 0.5) is 5.82 Å². The summed E-state index contributed by atoms with van der Waals surface area (Å²) in [4.78, 5) is 12.4. The van der Waals surface area contributed by atoms with Crippen LogP contribution in [-0.4, -0.2) is 36.5 Å². The number of hydrogen-bond acceptors (Lipinski definition) is 5. The van der Waals surface area contributed by atoms with Crippen LogP contribution in [0.25, 0.3) is 0 Å². The summed E-state index contributed by atoms with van der Waals surface area (Å²) >= 11 is 0. The van der Waals surface area contributed by atoms with Crippen molar-refractivity contribution < 1.29 is 19.0 Å². The van der Waals surface area contributed by atoms with E-state index in [1.54, 1.807) is 31.2 Å². The lowest BCUT2D eigenvalue weighted by Crippen LogP contribution is -2.22. The molecule has 0 fully saturated rings. The Morgan fingerprint density at radius 1 is 1.03 bits per heavy atom. The number of carbonyl (C=O) groups is 1. The van der Waals surface area contributed by atoms with Crippen LogP contribution >= 0.6 is 0 Å². The van der Waals surface area contributed by atoms with Crippen molar-refractivity contribution in [2.24, 2.45) is 0 Å². The largest absolute Gasteiger partial charge is 0.497 e. The molecule has 0 aliphatic rings. The highest BCUT2D eigenvalue weighted by Crippen LogP contribution is 2.26. The fraction of sp³-hybridized carbons (Fsp3) is 0.273. The molecular weight excluding hydrogens is 370 g/mol. The number of anilines is 1.